The molecular formula is C19H15F2N5O2. The van der Waals surface area contributed by atoms with Crippen LogP contribution in [0.5, 0.6) is 5.75 Å². The van der Waals surface area contributed by atoms with Gasteiger partial charge in [0.15, 0.2) is 23.1 Å². The van der Waals surface area contributed by atoms with E-state index in [1.54, 1.807) is 18.3 Å². The maximum absolute atomic E-state index is 13.3. The quantitative estimate of drug-likeness (QED) is 0.730. The smallest absolute Gasteiger partial charge is 0.278 e. The van der Waals surface area contributed by atoms with Gasteiger partial charge in [0.2, 0.25) is 0 Å². The number of amides is 1. The Morgan fingerprint density at radius 2 is 1.93 bits per heavy atom. The van der Waals surface area contributed by atoms with Crippen LogP contribution in [0.3, 0.4) is 0 Å². The summed E-state index contributed by atoms with van der Waals surface area (Å²) in [6, 6.07) is 6.83. The molecule has 0 atom stereocenters. The number of aromatic nitrogens is 3. The third-order valence-corrected chi connectivity index (χ3v) is 4.15. The van der Waals surface area contributed by atoms with E-state index in [1.807, 2.05) is 4.90 Å². The Bertz CT molecular complexity index is 997. The molecule has 7 nitrogen and oxygen atoms in total. The van der Waals surface area contributed by atoms with E-state index in [9.17, 15) is 13.6 Å². The van der Waals surface area contributed by atoms with Gasteiger partial charge in [-0.25, -0.2) is 18.7 Å². The number of carbonyl (C=O) groups is 1. The van der Waals surface area contributed by atoms with Gasteiger partial charge in [-0.15, -0.1) is 0 Å². The number of ether oxygens (including phenoxy) is 1. The van der Waals surface area contributed by atoms with Crippen LogP contribution in [0.15, 0.2) is 55.1 Å². The lowest BCUT2D eigenvalue weighted by molar-refractivity contribution is 0.102. The molecule has 3 heterocycles. The third-order valence-electron chi connectivity index (χ3n) is 4.15. The van der Waals surface area contributed by atoms with Gasteiger partial charge < -0.3 is 15.0 Å². The molecule has 1 aliphatic heterocycles. The number of hydrogen-bond acceptors (Lipinski definition) is 6. The van der Waals surface area contributed by atoms with E-state index in [-0.39, 0.29) is 17.5 Å². The maximum atomic E-state index is 13.3. The Kier molecular flexibility index (Phi) is 4.79. The second-order valence-corrected chi connectivity index (χ2v) is 6.15. The Morgan fingerprint density at radius 3 is 2.68 bits per heavy atom. The van der Waals surface area contributed by atoms with E-state index in [2.05, 4.69) is 20.3 Å². The first-order valence-electron chi connectivity index (χ1n) is 8.49. The summed E-state index contributed by atoms with van der Waals surface area (Å²) in [6.45, 7) is 0.871. The summed E-state index contributed by atoms with van der Waals surface area (Å²) < 4.78 is 31.9. The minimum absolute atomic E-state index is 0.178. The first kappa shape index (κ1) is 17.8. The van der Waals surface area contributed by atoms with Crippen LogP contribution in [0.1, 0.15) is 10.5 Å². The molecule has 3 aromatic rings. The summed E-state index contributed by atoms with van der Waals surface area (Å²) in [5.74, 6) is -1.62. The summed E-state index contributed by atoms with van der Waals surface area (Å²) in [4.78, 5) is 26.7. The molecule has 0 spiro atoms. The van der Waals surface area contributed by atoms with E-state index in [4.69, 9.17) is 4.74 Å². The van der Waals surface area contributed by atoms with E-state index in [0.29, 0.717) is 24.6 Å². The van der Waals surface area contributed by atoms with Gasteiger partial charge in [0.1, 0.15) is 11.9 Å². The lowest BCUT2D eigenvalue weighted by atomic mass is 10.1. The Morgan fingerprint density at radius 1 is 1.11 bits per heavy atom. The highest BCUT2D eigenvalue weighted by Gasteiger charge is 2.33. The lowest BCUT2D eigenvalue weighted by Gasteiger charge is -2.40. The summed E-state index contributed by atoms with van der Waals surface area (Å²) in [5, 5.41) is 2.73. The number of hydrogen-bond donors (Lipinski definition) is 1. The van der Waals surface area contributed by atoms with Crippen molar-refractivity contribution in [2.24, 2.45) is 0 Å². The van der Waals surface area contributed by atoms with Gasteiger partial charge in [-0.1, -0.05) is 0 Å². The molecule has 1 N–H and O–H groups in total. The van der Waals surface area contributed by atoms with Gasteiger partial charge in [0.05, 0.1) is 25.0 Å². The molecular weight excluding hydrogens is 368 g/mol. The number of carbonyl (C=O) groups excluding carboxylic acids is 1. The number of nitrogens with one attached hydrogen (secondary N) is 1. The van der Waals surface area contributed by atoms with E-state index in [0.717, 1.165) is 12.1 Å². The van der Waals surface area contributed by atoms with Crippen molar-refractivity contribution in [1.82, 2.24) is 15.0 Å². The van der Waals surface area contributed by atoms with E-state index >= 15 is 0 Å². The molecule has 1 aliphatic rings. The molecule has 1 fully saturated rings. The van der Waals surface area contributed by atoms with Crippen LogP contribution in [0.25, 0.3) is 0 Å². The monoisotopic (exact) mass is 383 g/mol. The predicted molar refractivity (Wildman–Crippen MR) is 97.2 cm³/mol. The van der Waals surface area contributed by atoms with Gasteiger partial charge >= 0.3 is 0 Å². The van der Waals surface area contributed by atoms with Crippen molar-refractivity contribution in [1.29, 1.82) is 0 Å². The average Bonchev–Trinajstić information content (AvgIpc) is 2.68. The van der Waals surface area contributed by atoms with Crippen LogP contribution < -0.4 is 15.0 Å². The largest absolute Gasteiger partial charge is 0.487 e. The molecule has 9 heteroatoms. The molecule has 1 amide bonds. The van der Waals surface area contributed by atoms with Crippen LogP contribution >= 0.6 is 0 Å². The van der Waals surface area contributed by atoms with Crippen molar-refractivity contribution in [2.75, 3.05) is 23.3 Å². The standard InChI is InChI=1S/C19H15F2N5O2/c20-15-4-3-13(8-16(15)21)28-14-10-26(11-14)18-17(23-6-7-24-18)19(27)25-12-2-1-5-22-9-12/h1-9,14H,10-11H2,(H,25,27). The summed E-state index contributed by atoms with van der Waals surface area (Å²) in [7, 11) is 0. The number of nitrogens with zero attached hydrogens (tertiary/aromatic N) is 4. The fourth-order valence-corrected chi connectivity index (χ4v) is 2.78. The minimum Gasteiger partial charge on any atom is -0.487 e. The van der Waals surface area contributed by atoms with Crippen molar-refractivity contribution < 1.29 is 18.3 Å². The molecule has 0 aliphatic carbocycles. The Balaban J connectivity index is 1.42. The third kappa shape index (κ3) is 3.73. The first-order valence-corrected chi connectivity index (χ1v) is 8.49. The second kappa shape index (κ2) is 7.55. The number of anilines is 2. The Labute approximate surface area is 159 Å². The van der Waals surface area contributed by atoms with Gasteiger partial charge in [-0.3, -0.25) is 9.78 Å². The molecule has 0 bridgehead atoms. The van der Waals surface area contributed by atoms with Crippen molar-refractivity contribution in [3.05, 3.63) is 72.4 Å². The maximum Gasteiger partial charge on any atom is 0.278 e. The lowest BCUT2D eigenvalue weighted by Crippen LogP contribution is -2.54. The normalized spacial score (nSPS) is 13.7. The number of pyridine rings is 1. The Hall–Kier alpha value is -3.62. The number of benzene rings is 1. The van der Waals surface area contributed by atoms with E-state index < -0.39 is 17.5 Å². The molecule has 0 unspecified atom stereocenters. The number of halogens is 2. The van der Waals surface area contributed by atoms with Crippen LogP contribution in [-0.4, -0.2) is 40.1 Å². The molecule has 4 rings (SSSR count). The van der Waals surface area contributed by atoms with Gasteiger partial charge in [0.25, 0.3) is 5.91 Å². The average molecular weight is 383 g/mol. The highest BCUT2D eigenvalue weighted by molar-refractivity contribution is 6.06. The molecule has 0 radical (unpaired) electrons. The van der Waals surface area contributed by atoms with Gasteiger partial charge in [-0.05, 0) is 24.3 Å². The second-order valence-electron chi connectivity index (χ2n) is 6.15. The summed E-state index contributed by atoms with van der Waals surface area (Å²) >= 11 is 0. The zero-order valence-corrected chi connectivity index (χ0v) is 14.5. The van der Waals surface area contributed by atoms with Crippen molar-refractivity contribution >= 4 is 17.4 Å². The van der Waals surface area contributed by atoms with Crippen LogP contribution in [0, 0.1) is 11.6 Å². The molecule has 2 aromatic heterocycles. The van der Waals surface area contributed by atoms with Crippen molar-refractivity contribution in [2.45, 2.75) is 6.10 Å². The SMILES string of the molecule is O=C(Nc1cccnc1)c1nccnc1N1CC(Oc2ccc(F)c(F)c2)C1. The van der Waals surface area contributed by atoms with Crippen molar-refractivity contribution in [3.8, 4) is 5.75 Å². The molecule has 1 saturated heterocycles. The topological polar surface area (TPSA) is 80.2 Å². The van der Waals surface area contributed by atoms with Crippen LogP contribution in [0.2, 0.25) is 0 Å². The van der Waals surface area contributed by atoms with Crippen LogP contribution in [0.4, 0.5) is 20.3 Å². The van der Waals surface area contributed by atoms with Gasteiger partial charge in [0, 0.05) is 24.7 Å². The molecule has 28 heavy (non-hydrogen) atoms. The zero-order valence-electron chi connectivity index (χ0n) is 14.5. The zero-order chi connectivity index (χ0) is 19.5. The summed E-state index contributed by atoms with van der Waals surface area (Å²) in [6.07, 6.45) is 5.84. The molecule has 142 valence electrons. The molecule has 0 saturated carbocycles. The highest BCUT2D eigenvalue weighted by Crippen LogP contribution is 2.26. The van der Waals surface area contributed by atoms with Crippen molar-refractivity contribution in [3.63, 3.8) is 0 Å². The first-order chi connectivity index (χ1) is 13.6. The minimum atomic E-state index is -0.961. The van der Waals surface area contributed by atoms with E-state index in [1.165, 1.54) is 24.7 Å². The molecule has 1 aromatic carbocycles. The fraction of sp³-hybridized carbons (Fsp3) is 0.158. The summed E-state index contributed by atoms with van der Waals surface area (Å²) in [5.41, 5.74) is 0.727. The van der Waals surface area contributed by atoms with Gasteiger partial charge in [-0.2, -0.15) is 0 Å². The van der Waals surface area contributed by atoms with Crippen LogP contribution in [-0.2, 0) is 0 Å². The fourth-order valence-electron chi connectivity index (χ4n) is 2.78. The highest BCUT2D eigenvalue weighted by atomic mass is 19.2. The number of rotatable bonds is 5. The predicted octanol–water partition coefficient (Wildman–Crippen LogP) is 2.67.